The predicted octanol–water partition coefficient (Wildman–Crippen LogP) is 0.822. The van der Waals surface area contributed by atoms with Crippen molar-refractivity contribution in [3.8, 4) is 0 Å². The van der Waals surface area contributed by atoms with Crippen molar-refractivity contribution >= 4 is 20.4 Å². The van der Waals surface area contributed by atoms with Crippen molar-refractivity contribution in [2.45, 2.75) is 6.42 Å². The standard InChI is InChI=1S/C5H5.3CH2O.Mo/c1-2-4-5-3-1;3*1-2;/h1-3H,4H2;3*1H2;. The zero-order valence-corrected chi connectivity index (χ0v) is 8.70. The van der Waals surface area contributed by atoms with Crippen LogP contribution in [0.2, 0.25) is 0 Å². The van der Waals surface area contributed by atoms with E-state index in [2.05, 4.69) is 38.0 Å². The molecular weight excluding hydrogens is 240 g/mol. The van der Waals surface area contributed by atoms with Crippen LogP contribution in [0.5, 0.6) is 0 Å². The van der Waals surface area contributed by atoms with Crippen molar-refractivity contribution < 1.29 is 34.2 Å². The second-order valence-corrected chi connectivity index (χ2v) is 2.55. The maximum atomic E-state index is 8.00. The van der Waals surface area contributed by atoms with Gasteiger partial charge in [-0.25, -0.2) is 0 Å². The molecule has 0 heterocycles. The van der Waals surface area contributed by atoms with E-state index < -0.39 is 0 Å². The summed E-state index contributed by atoms with van der Waals surface area (Å²) in [7, 11) is 0. The van der Waals surface area contributed by atoms with Crippen LogP contribution in [-0.2, 0) is 34.2 Å². The van der Waals surface area contributed by atoms with E-state index in [-0.39, 0.29) is 0 Å². The van der Waals surface area contributed by atoms with E-state index in [1.54, 1.807) is 0 Å². The molecule has 0 unspecified atom stereocenters. The van der Waals surface area contributed by atoms with Crippen LogP contribution in [0.1, 0.15) is 6.42 Å². The van der Waals surface area contributed by atoms with Crippen LogP contribution >= 0.6 is 0 Å². The molecule has 0 spiro atoms. The minimum atomic E-state index is 1.17. The Hall–Kier alpha value is -0.822. The van der Waals surface area contributed by atoms with Gasteiger partial charge in [0.25, 0.3) is 0 Å². The number of hydrogen-bond acceptors (Lipinski definition) is 3. The Bertz CT molecular complexity index is 138. The first-order chi connectivity index (χ1) is 5.89. The number of rotatable bonds is 0. The number of carbonyl (C=O) groups excluding carboxylic acids is 3. The fraction of sp³-hybridized carbons (Fsp3) is 0.125. The molecule has 0 N–H and O–H groups in total. The molecule has 12 heavy (non-hydrogen) atoms. The first-order valence-corrected chi connectivity index (χ1v) is 3.79. The number of allylic oxidation sites excluding steroid dienone is 4. The molecule has 0 bridgehead atoms. The molecule has 1 aliphatic carbocycles. The summed E-state index contributed by atoms with van der Waals surface area (Å²) in [6, 6.07) is 0. The molecule has 0 saturated heterocycles. The topological polar surface area (TPSA) is 51.2 Å². The Kier molecular flexibility index (Phi) is 32.4. The minimum absolute atomic E-state index is 1.17. The fourth-order valence-corrected chi connectivity index (χ4v) is 0.857. The van der Waals surface area contributed by atoms with Crippen LogP contribution < -0.4 is 0 Å². The van der Waals surface area contributed by atoms with Crippen molar-refractivity contribution in [1.29, 1.82) is 0 Å². The molecule has 0 radical (unpaired) electrons. The van der Waals surface area contributed by atoms with Gasteiger partial charge >= 0.3 is 48.4 Å². The average Bonchev–Trinajstić information content (AvgIpc) is 2.66. The Morgan fingerprint density at radius 2 is 1.50 bits per heavy atom. The molecule has 0 aromatic carbocycles. The summed E-state index contributed by atoms with van der Waals surface area (Å²) in [6.07, 6.45) is 7.57. The third-order valence-electron chi connectivity index (χ3n) is 0.737. The molecule has 1 rings (SSSR count). The summed E-state index contributed by atoms with van der Waals surface area (Å²) in [5.74, 6) is 0. The molecule has 0 aromatic heterocycles. The van der Waals surface area contributed by atoms with E-state index in [0.717, 1.165) is 0 Å². The second kappa shape index (κ2) is 22.5. The second-order valence-electron chi connectivity index (χ2n) is 1.27. The third kappa shape index (κ3) is 16.1. The molecule has 0 aromatic rings. The van der Waals surface area contributed by atoms with Crippen molar-refractivity contribution in [3.05, 3.63) is 22.2 Å². The quantitative estimate of drug-likeness (QED) is 0.599. The van der Waals surface area contributed by atoms with Gasteiger partial charge in [-0.1, -0.05) is 0 Å². The Morgan fingerprint density at radius 3 is 1.58 bits per heavy atom. The summed E-state index contributed by atoms with van der Waals surface area (Å²) in [5.41, 5.74) is 0. The van der Waals surface area contributed by atoms with E-state index in [4.69, 9.17) is 14.4 Å². The van der Waals surface area contributed by atoms with Crippen LogP contribution in [0, 0.1) is 0 Å². The fourth-order valence-electron chi connectivity index (χ4n) is 0.428. The van der Waals surface area contributed by atoms with E-state index in [1.165, 1.54) is 10.4 Å². The monoisotopic (exact) mass is 253 g/mol. The number of carbonyl (C=O) groups is 3. The van der Waals surface area contributed by atoms with Gasteiger partial charge < -0.3 is 14.4 Å². The van der Waals surface area contributed by atoms with Gasteiger partial charge in [0, 0.05) is 0 Å². The average molecular weight is 251 g/mol. The van der Waals surface area contributed by atoms with Crippen molar-refractivity contribution in [2.24, 2.45) is 0 Å². The summed E-state index contributed by atoms with van der Waals surface area (Å²) in [6.45, 7) is 6.00. The number of hydrogen-bond donors (Lipinski definition) is 0. The van der Waals surface area contributed by atoms with Crippen molar-refractivity contribution in [3.63, 3.8) is 0 Å². The first-order valence-electron chi connectivity index (χ1n) is 2.79. The van der Waals surface area contributed by atoms with Gasteiger partial charge in [0.2, 0.25) is 0 Å². The van der Waals surface area contributed by atoms with Gasteiger partial charge in [0.1, 0.15) is 20.4 Å². The normalized spacial score (nSPS) is 10.2. The molecule has 0 saturated carbocycles. The SMILES string of the molecule is C=O.C=O.C=O.[Mo][C]1=CC=CC1. The van der Waals surface area contributed by atoms with Gasteiger partial charge in [0.15, 0.2) is 0 Å². The Balaban J connectivity index is -0.000000117. The molecule has 0 atom stereocenters. The van der Waals surface area contributed by atoms with Crippen LogP contribution in [-0.4, -0.2) is 20.4 Å². The summed E-state index contributed by atoms with van der Waals surface area (Å²) >= 11 is 2.07. The van der Waals surface area contributed by atoms with Gasteiger partial charge in [-0.15, -0.1) is 0 Å². The predicted molar refractivity (Wildman–Crippen MR) is 43.2 cm³/mol. The van der Waals surface area contributed by atoms with Gasteiger partial charge in [-0.3, -0.25) is 0 Å². The van der Waals surface area contributed by atoms with E-state index in [0.29, 0.717) is 0 Å². The molecule has 1 aliphatic rings. The van der Waals surface area contributed by atoms with Crippen molar-refractivity contribution in [2.75, 3.05) is 0 Å². The van der Waals surface area contributed by atoms with Crippen LogP contribution in [0.3, 0.4) is 0 Å². The molecule has 4 heteroatoms. The molecule has 0 aliphatic heterocycles. The summed E-state index contributed by atoms with van der Waals surface area (Å²) in [4.78, 5) is 24.0. The molecule has 3 nitrogen and oxygen atoms in total. The van der Waals surface area contributed by atoms with Gasteiger partial charge in [-0.2, -0.15) is 0 Å². The molecular formula is C8H11MoO3. The van der Waals surface area contributed by atoms with Crippen LogP contribution in [0.25, 0.3) is 0 Å². The first kappa shape index (κ1) is 17.3. The van der Waals surface area contributed by atoms with Gasteiger partial charge in [-0.05, 0) is 0 Å². The van der Waals surface area contributed by atoms with E-state index in [9.17, 15) is 0 Å². The third-order valence-corrected chi connectivity index (χ3v) is 1.48. The van der Waals surface area contributed by atoms with E-state index in [1.807, 2.05) is 20.4 Å². The van der Waals surface area contributed by atoms with Crippen LogP contribution in [0.15, 0.2) is 22.2 Å². The van der Waals surface area contributed by atoms with E-state index >= 15 is 0 Å². The summed E-state index contributed by atoms with van der Waals surface area (Å²) in [5, 5.41) is 0. The summed E-state index contributed by atoms with van der Waals surface area (Å²) < 4.78 is 1.48. The zero-order valence-electron chi connectivity index (χ0n) is 6.69. The molecule has 0 fully saturated rings. The Morgan fingerprint density at radius 1 is 1.08 bits per heavy atom. The Labute approximate surface area is 83.4 Å². The van der Waals surface area contributed by atoms with Crippen LogP contribution in [0.4, 0.5) is 0 Å². The zero-order chi connectivity index (χ0) is 10.4. The van der Waals surface area contributed by atoms with Crippen molar-refractivity contribution in [1.82, 2.24) is 0 Å². The maximum absolute atomic E-state index is 8.00. The van der Waals surface area contributed by atoms with Gasteiger partial charge in [0.05, 0.1) is 0 Å². The molecule has 0 amide bonds. The molecule has 67 valence electrons.